The summed E-state index contributed by atoms with van der Waals surface area (Å²) in [6.07, 6.45) is 7.73. The second kappa shape index (κ2) is 11.7. The molecule has 2 fully saturated rings. The largest absolute Gasteiger partial charge is 0.872 e. The Labute approximate surface area is 225 Å². The van der Waals surface area contributed by atoms with Gasteiger partial charge in [-0.3, -0.25) is 9.59 Å². The molecule has 0 saturated carbocycles. The maximum absolute atomic E-state index is 13.8. The molecule has 2 saturated heterocycles. The molecular weight excluding hydrogens is 484 g/mol. The number of carbonyl (C=O) groups excluding carboxylic acids is 2. The summed E-state index contributed by atoms with van der Waals surface area (Å²) < 4.78 is 16.1. The number of nitrogens with one attached hydrogen (secondary N) is 1. The molecule has 206 valence electrons. The van der Waals surface area contributed by atoms with Crippen LogP contribution in [0.3, 0.4) is 0 Å². The smallest absolute Gasteiger partial charge is 0.295 e. The van der Waals surface area contributed by atoms with Gasteiger partial charge in [0, 0.05) is 24.5 Å². The molecule has 2 heterocycles. The minimum absolute atomic E-state index is 0.00851. The topological polar surface area (TPSA) is 92.6 Å². The van der Waals surface area contributed by atoms with Crippen LogP contribution in [0.15, 0.2) is 47.6 Å². The molecule has 0 spiro atoms. The maximum Gasteiger partial charge on any atom is 0.295 e. The summed E-state index contributed by atoms with van der Waals surface area (Å²) in [4.78, 5) is 29.8. The van der Waals surface area contributed by atoms with E-state index in [9.17, 15) is 14.7 Å². The van der Waals surface area contributed by atoms with Crippen molar-refractivity contribution in [3.63, 3.8) is 0 Å². The third kappa shape index (κ3) is 5.81. The van der Waals surface area contributed by atoms with Gasteiger partial charge >= 0.3 is 0 Å². The molecule has 0 aromatic heterocycles. The number of hydrogen-bond acceptors (Lipinski definition) is 6. The Morgan fingerprint density at radius 3 is 2.45 bits per heavy atom. The van der Waals surface area contributed by atoms with Crippen LogP contribution in [0.2, 0.25) is 0 Å². The summed E-state index contributed by atoms with van der Waals surface area (Å²) in [6, 6.07) is 4.22. The van der Waals surface area contributed by atoms with Gasteiger partial charge in [0.1, 0.15) is 13.1 Å². The van der Waals surface area contributed by atoms with Crippen molar-refractivity contribution in [1.29, 1.82) is 0 Å². The zero-order valence-corrected chi connectivity index (χ0v) is 23.2. The number of ketones is 1. The summed E-state index contributed by atoms with van der Waals surface area (Å²) in [6.45, 7) is 11.2. The number of nitrogens with zero attached hydrogens (tertiary/aromatic N) is 1. The minimum Gasteiger partial charge on any atom is -0.872 e. The standard InChI is InChI=1S/C30H40N2O6/c1-30(2,3)22-10-7-20(8-11-22)26-25(27(33)21-9-12-23(36-4)24(19-21)37-5)28(34)29(35)32(26)14-6-13-31-15-17-38-18-16-31/h7,9-12,19-20,26,33H,6,8,13-18H2,1-5H3/b27-25+. The monoisotopic (exact) mass is 524 g/mol. The van der Waals surface area contributed by atoms with Gasteiger partial charge in [0.2, 0.25) is 5.78 Å². The lowest BCUT2D eigenvalue weighted by atomic mass is 9.78. The predicted octanol–water partition coefficient (Wildman–Crippen LogP) is 1.41. The maximum atomic E-state index is 13.8. The SMILES string of the molecule is COc1ccc(/C([O-])=C2\C(=O)C(=O)N(CCC[NH+]3CCOCC3)C2C2C=CC(C(C)(C)C)=CC2)cc1OC. The predicted molar refractivity (Wildman–Crippen MR) is 143 cm³/mol. The molecule has 0 bridgehead atoms. The molecule has 1 aromatic rings. The van der Waals surface area contributed by atoms with Crippen LogP contribution >= 0.6 is 0 Å². The quantitative estimate of drug-likeness (QED) is 0.314. The molecule has 2 atom stereocenters. The van der Waals surface area contributed by atoms with Crippen LogP contribution in [0, 0.1) is 11.3 Å². The highest BCUT2D eigenvalue weighted by Gasteiger charge is 2.46. The van der Waals surface area contributed by atoms with Gasteiger partial charge in [-0.25, -0.2) is 0 Å². The lowest BCUT2D eigenvalue weighted by Gasteiger charge is -2.34. The number of morpholine rings is 1. The molecule has 38 heavy (non-hydrogen) atoms. The summed E-state index contributed by atoms with van der Waals surface area (Å²) in [7, 11) is 3.02. The van der Waals surface area contributed by atoms with Gasteiger partial charge in [0.05, 0.1) is 40.0 Å². The van der Waals surface area contributed by atoms with Crippen molar-refractivity contribution >= 4 is 17.4 Å². The number of quaternary nitrogens is 1. The fourth-order valence-electron chi connectivity index (χ4n) is 5.56. The van der Waals surface area contributed by atoms with E-state index in [0.717, 1.165) is 39.3 Å². The number of hydrogen-bond donors (Lipinski definition) is 1. The zero-order valence-electron chi connectivity index (χ0n) is 23.2. The molecule has 3 aliphatic rings. The van der Waals surface area contributed by atoms with E-state index in [-0.39, 0.29) is 16.9 Å². The molecule has 1 N–H and O–H groups in total. The summed E-state index contributed by atoms with van der Waals surface area (Å²) in [5.41, 5.74) is 1.54. The second-order valence-corrected chi connectivity index (χ2v) is 11.2. The highest BCUT2D eigenvalue weighted by molar-refractivity contribution is 6.46. The average Bonchev–Trinajstić information content (AvgIpc) is 3.17. The van der Waals surface area contributed by atoms with Gasteiger partial charge in [-0.15, -0.1) is 0 Å². The van der Waals surface area contributed by atoms with Gasteiger partial charge in [-0.1, -0.05) is 50.8 Å². The van der Waals surface area contributed by atoms with Crippen molar-refractivity contribution < 1.29 is 33.8 Å². The number of allylic oxidation sites excluding steroid dienone is 3. The van der Waals surface area contributed by atoms with E-state index in [0.29, 0.717) is 30.0 Å². The molecule has 2 unspecified atom stereocenters. The number of rotatable bonds is 8. The van der Waals surface area contributed by atoms with E-state index in [4.69, 9.17) is 14.2 Å². The van der Waals surface area contributed by atoms with Crippen molar-refractivity contribution in [3.05, 3.63) is 53.1 Å². The molecule has 0 radical (unpaired) electrons. The zero-order chi connectivity index (χ0) is 27.4. The normalized spacial score (nSPS) is 24.0. The molecule has 1 aromatic carbocycles. The van der Waals surface area contributed by atoms with E-state index in [2.05, 4.69) is 39.0 Å². The lowest BCUT2D eigenvalue weighted by Crippen LogP contribution is -3.14. The summed E-state index contributed by atoms with van der Waals surface area (Å²) in [5, 5.41) is 13.8. The Balaban J connectivity index is 1.67. The number of benzene rings is 1. The number of ether oxygens (including phenoxy) is 3. The van der Waals surface area contributed by atoms with Crippen LogP contribution in [-0.4, -0.2) is 76.2 Å². The molecule has 8 heteroatoms. The number of likely N-dealkylation sites (tertiary alicyclic amines) is 1. The van der Waals surface area contributed by atoms with Gasteiger partial charge in [-0.05, 0) is 35.1 Å². The number of Topliss-reactive ketones (excluding diaryl/α,β-unsaturated/α-hetero) is 1. The Morgan fingerprint density at radius 1 is 1.13 bits per heavy atom. The van der Waals surface area contributed by atoms with E-state index in [1.165, 1.54) is 24.7 Å². The van der Waals surface area contributed by atoms with Gasteiger partial charge in [0.15, 0.2) is 11.5 Å². The summed E-state index contributed by atoms with van der Waals surface area (Å²) in [5.74, 6) is -1.00. The Bertz CT molecular complexity index is 1140. The first-order valence-electron chi connectivity index (χ1n) is 13.4. The Hall–Kier alpha value is -3.10. The molecule has 1 amide bonds. The van der Waals surface area contributed by atoms with Crippen molar-refractivity contribution in [1.82, 2.24) is 4.90 Å². The van der Waals surface area contributed by atoms with Gasteiger partial charge in [-0.2, -0.15) is 0 Å². The van der Waals surface area contributed by atoms with Crippen molar-refractivity contribution in [3.8, 4) is 11.5 Å². The fraction of sp³-hybridized carbons (Fsp3) is 0.533. The second-order valence-electron chi connectivity index (χ2n) is 11.2. The molecule has 8 nitrogen and oxygen atoms in total. The van der Waals surface area contributed by atoms with Crippen molar-refractivity contribution in [2.45, 2.75) is 39.7 Å². The lowest BCUT2D eigenvalue weighted by molar-refractivity contribution is -0.908. The van der Waals surface area contributed by atoms with Crippen LogP contribution in [0.4, 0.5) is 0 Å². The number of carbonyl (C=O) groups is 2. The number of methoxy groups -OCH3 is 2. The first kappa shape index (κ1) is 27.9. The van der Waals surface area contributed by atoms with Crippen LogP contribution in [0.5, 0.6) is 11.5 Å². The highest BCUT2D eigenvalue weighted by Crippen LogP contribution is 2.39. The van der Waals surface area contributed by atoms with E-state index >= 15 is 0 Å². The van der Waals surface area contributed by atoms with E-state index in [1.54, 1.807) is 23.1 Å². The minimum atomic E-state index is -0.701. The Morgan fingerprint density at radius 2 is 1.84 bits per heavy atom. The van der Waals surface area contributed by atoms with Crippen LogP contribution < -0.4 is 19.5 Å². The van der Waals surface area contributed by atoms with Gasteiger partial charge < -0.3 is 29.1 Å². The third-order valence-electron chi connectivity index (χ3n) is 7.76. The average molecular weight is 525 g/mol. The van der Waals surface area contributed by atoms with Crippen LogP contribution in [0.25, 0.3) is 5.76 Å². The number of amides is 1. The fourth-order valence-corrected chi connectivity index (χ4v) is 5.56. The van der Waals surface area contributed by atoms with Crippen molar-refractivity contribution in [2.24, 2.45) is 11.3 Å². The van der Waals surface area contributed by atoms with Gasteiger partial charge in [0.25, 0.3) is 5.91 Å². The Kier molecular flexibility index (Phi) is 8.63. The van der Waals surface area contributed by atoms with Crippen LogP contribution in [-0.2, 0) is 14.3 Å². The highest BCUT2D eigenvalue weighted by atomic mass is 16.5. The molecule has 1 aliphatic carbocycles. The first-order valence-corrected chi connectivity index (χ1v) is 13.4. The van der Waals surface area contributed by atoms with Crippen molar-refractivity contribution in [2.75, 3.05) is 53.6 Å². The third-order valence-corrected chi connectivity index (χ3v) is 7.76. The molecular formula is C30H40N2O6. The molecule has 4 rings (SSSR count). The molecule has 2 aliphatic heterocycles. The van der Waals surface area contributed by atoms with E-state index < -0.39 is 23.5 Å². The van der Waals surface area contributed by atoms with Crippen LogP contribution in [0.1, 0.15) is 39.2 Å². The first-order chi connectivity index (χ1) is 18.2. The van der Waals surface area contributed by atoms with E-state index in [1.807, 2.05) is 0 Å². The summed E-state index contributed by atoms with van der Waals surface area (Å²) >= 11 is 0.